The van der Waals surface area contributed by atoms with Gasteiger partial charge in [-0.25, -0.2) is 0 Å². The molecule has 0 bridgehead atoms. The van der Waals surface area contributed by atoms with Gasteiger partial charge in [0.2, 0.25) is 6.20 Å². The molecule has 1 aliphatic rings. The van der Waals surface area contributed by atoms with E-state index >= 15 is 0 Å². The van der Waals surface area contributed by atoms with Gasteiger partial charge in [-0.3, -0.25) is 15.4 Å². The summed E-state index contributed by atoms with van der Waals surface area (Å²) in [6, 6.07) is 5.53. The van der Waals surface area contributed by atoms with Gasteiger partial charge in [-0.05, 0) is 17.7 Å². The normalized spacial score (nSPS) is 12.9. The summed E-state index contributed by atoms with van der Waals surface area (Å²) < 4.78 is 0. The molecule has 1 aromatic carbocycles. The van der Waals surface area contributed by atoms with Crippen molar-refractivity contribution in [1.29, 1.82) is 0 Å². The van der Waals surface area contributed by atoms with Crippen molar-refractivity contribution in [2.45, 2.75) is 0 Å². The van der Waals surface area contributed by atoms with Crippen molar-refractivity contribution in [3.05, 3.63) is 51.8 Å². The average Bonchev–Trinajstić information content (AvgIpc) is 2.62. The molecule has 4 nitrogen and oxygen atoms in total. The van der Waals surface area contributed by atoms with Crippen LogP contribution in [0.25, 0.3) is 12.2 Å². The zero-order valence-corrected chi connectivity index (χ0v) is 7.25. The summed E-state index contributed by atoms with van der Waals surface area (Å²) in [5.74, 6) is 0. The summed E-state index contributed by atoms with van der Waals surface area (Å²) in [5.41, 5.74) is 2.61. The third-order valence-electron chi connectivity index (χ3n) is 1.95. The third kappa shape index (κ3) is 1.50. The van der Waals surface area contributed by atoms with Crippen LogP contribution in [0.4, 0.5) is 5.69 Å². The SMILES string of the molecule is O=[N+]([O-])C=Cc1cccc2c1C=C[N]2. The van der Waals surface area contributed by atoms with Gasteiger partial charge in [-0.15, -0.1) is 0 Å². The largest absolute Gasteiger partial charge is 0.259 e. The first-order valence-electron chi connectivity index (χ1n) is 4.09. The molecular formula is C10H7N2O2. The van der Waals surface area contributed by atoms with Crippen LogP contribution in [0.2, 0.25) is 0 Å². The van der Waals surface area contributed by atoms with Crippen LogP contribution in [0.5, 0.6) is 0 Å². The maximum Gasteiger partial charge on any atom is 0.235 e. The van der Waals surface area contributed by atoms with E-state index in [1.807, 2.05) is 24.3 Å². The second kappa shape index (κ2) is 3.33. The lowest BCUT2D eigenvalue weighted by molar-refractivity contribution is -0.400. The van der Waals surface area contributed by atoms with Gasteiger partial charge in [0.15, 0.2) is 0 Å². The standard InChI is InChI=1S/C10H7N2O2/c13-12(14)7-5-8-2-1-3-10-9(8)4-6-11-10/h1-7H. The van der Waals surface area contributed by atoms with Crippen molar-refractivity contribution in [3.8, 4) is 0 Å². The molecular weight excluding hydrogens is 180 g/mol. The van der Waals surface area contributed by atoms with E-state index in [1.165, 1.54) is 6.08 Å². The first-order chi connectivity index (χ1) is 6.77. The number of hydrogen-bond acceptors (Lipinski definition) is 2. The van der Waals surface area contributed by atoms with Crippen LogP contribution in [0.3, 0.4) is 0 Å². The quantitative estimate of drug-likeness (QED) is 0.526. The van der Waals surface area contributed by atoms with Crippen LogP contribution >= 0.6 is 0 Å². The van der Waals surface area contributed by atoms with Gasteiger partial charge in [0, 0.05) is 17.8 Å². The topological polar surface area (TPSA) is 57.2 Å². The lowest BCUT2D eigenvalue weighted by Crippen LogP contribution is -1.86. The highest BCUT2D eigenvalue weighted by Gasteiger charge is 2.08. The molecule has 1 heterocycles. The number of hydrogen-bond donors (Lipinski definition) is 0. The monoisotopic (exact) mass is 187 g/mol. The lowest BCUT2D eigenvalue weighted by atomic mass is 10.1. The van der Waals surface area contributed by atoms with E-state index in [1.54, 1.807) is 6.20 Å². The van der Waals surface area contributed by atoms with Gasteiger partial charge in [0.1, 0.15) is 0 Å². The molecule has 1 aromatic rings. The maximum absolute atomic E-state index is 10.2. The molecule has 0 aliphatic carbocycles. The number of fused-ring (bicyclic) bond motifs is 1. The molecule has 0 saturated carbocycles. The molecule has 0 unspecified atom stereocenters. The highest BCUT2D eigenvalue weighted by atomic mass is 16.6. The van der Waals surface area contributed by atoms with Crippen molar-refractivity contribution in [1.82, 2.24) is 5.32 Å². The van der Waals surface area contributed by atoms with Crippen molar-refractivity contribution in [2.24, 2.45) is 0 Å². The molecule has 0 amide bonds. The van der Waals surface area contributed by atoms with E-state index in [4.69, 9.17) is 0 Å². The number of nitro groups is 1. The minimum atomic E-state index is -0.477. The zero-order valence-electron chi connectivity index (χ0n) is 7.25. The Hall–Kier alpha value is -2.10. The Morgan fingerprint density at radius 1 is 1.43 bits per heavy atom. The summed E-state index contributed by atoms with van der Waals surface area (Å²) in [6.07, 6.45) is 5.94. The van der Waals surface area contributed by atoms with E-state index in [0.29, 0.717) is 0 Å². The van der Waals surface area contributed by atoms with Crippen LogP contribution in [-0.4, -0.2) is 4.92 Å². The molecule has 1 radical (unpaired) electrons. The molecule has 4 heteroatoms. The van der Waals surface area contributed by atoms with E-state index in [-0.39, 0.29) is 0 Å². The second-order valence-electron chi connectivity index (χ2n) is 2.83. The van der Waals surface area contributed by atoms with Crippen LogP contribution in [0.1, 0.15) is 11.1 Å². The Morgan fingerprint density at radius 3 is 3.07 bits per heavy atom. The first-order valence-corrected chi connectivity index (χ1v) is 4.09. The highest BCUT2D eigenvalue weighted by Crippen LogP contribution is 2.27. The average molecular weight is 187 g/mol. The molecule has 0 N–H and O–H groups in total. The molecule has 0 saturated heterocycles. The summed E-state index contributed by atoms with van der Waals surface area (Å²) in [5, 5.41) is 14.3. The van der Waals surface area contributed by atoms with Crippen LogP contribution in [0, 0.1) is 10.1 Å². The summed E-state index contributed by atoms with van der Waals surface area (Å²) in [6.45, 7) is 0. The minimum absolute atomic E-state index is 0.477. The smallest absolute Gasteiger partial charge is 0.235 e. The molecule has 2 rings (SSSR count). The Kier molecular flexibility index (Phi) is 2.02. The van der Waals surface area contributed by atoms with E-state index < -0.39 is 4.92 Å². The number of rotatable bonds is 2. The highest BCUT2D eigenvalue weighted by molar-refractivity contribution is 5.77. The van der Waals surface area contributed by atoms with E-state index in [2.05, 4.69) is 5.32 Å². The van der Waals surface area contributed by atoms with Gasteiger partial charge in [0.25, 0.3) is 0 Å². The Morgan fingerprint density at radius 2 is 2.29 bits per heavy atom. The number of nitrogens with zero attached hydrogens (tertiary/aromatic N) is 2. The van der Waals surface area contributed by atoms with Crippen molar-refractivity contribution < 1.29 is 4.92 Å². The van der Waals surface area contributed by atoms with Crippen LogP contribution in [-0.2, 0) is 0 Å². The Labute approximate surface area is 80.7 Å². The van der Waals surface area contributed by atoms with Gasteiger partial charge in [-0.2, -0.15) is 0 Å². The first kappa shape index (κ1) is 8.50. The Bertz CT molecular complexity index is 436. The predicted octanol–water partition coefficient (Wildman–Crippen LogP) is 2.15. The molecule has 0 fully saturated rings. The molecule has 0 aromatic heterocycles. The van der Waals surface area contributed by atoms with Crippen molar-refractivity contribution >= 4 is 17.8 Å². The number of benzene rings is 1. The fourth-order valence-corrected chi connectivity index (χ4v) is 1.34. The molecule has 0 spiro atoms. The van der Waals surface area contributed by atoms with Gasteiger partial charge in [-0.1, -0.05) is 12.1 Å². The second-order valence-corrected chi connectivity index (χ2v) is 2.83. The van der Waals surface area contributed by atoms with Crippen molar-refractivity contribution in [2.75, 3.05) is 0 Å². The fourth-order valence-electron chi connectivity index (χ4n) is 1.34. The molecule has 69 valence electrons. The summed E-state index contributed by atoms with van der Waals surface area (Å²) >= 11 is 0. The lowest BCUT2D eigenvalue weighted by Gasteiger charge is -1.99. The minimum Gasteiger partial charge on any atom is -0.259 e. The van der Waals surface area contributed by atoms with Crippen LogP contribution < -0.4 is 5.32 Å². The van der Waals surface area contributed by atoms with E-state index in [0.717, 1.165) is 23.0 Å². The van der Waals surface area contributed by atoms with Gasteiger partial charge in [0.05, 0.1) is 10.6 Å². The molecule has 0 atom stereocenters. The summed E-state index contributed by atoms with van der Waals surface area (Å²) in [7, 11) is 0. The van der Waals surface area contributed by atoms with Gasteiger partial charge >= 0.3 is 0 Å². The predicted molar refractivity (Wildman–Crippen MR) is 53.3 cm³/mol. The molecule has 1 aliphatic heterocycles. The Balaban J connectivity index is 2.39. The summed E-state index contributed by atoms with van der Waals surface area (Å²) in [4.78, 5) is 9.67. The van der Waals surface area contributed by atoms with E-state index in [9.17, 15) is 10.1 Å². The third-order valence-corrected chi connectivity index (χ3v) is 1.95. The fraction of sp³-hybridized carbons (Fsp3) is 0. The molecule has 14 heavy (non-hydrogen) atoms. The zero-order chi connectivity index (χ0) is 9.97. The van der Waals surface area contributed by atoms with Crippen molar-refractivity contribution in [3.63, 3.8) is 0 Å². The van der Waals surface area contributed by atoms with Gasteiger partial charge < -0.3 is 0 Å². The maximum atomic E-state index is 10.2. The van der Waals surface area contributed by atoms with Crippen LogP contribution in [0.15, 0.2) is 30.6 Å².